The van der Waals surface area contributed by atoms with Crippen molar-refractivity contribution in [2.45, 2.75) is 45.4 Å². The molecule has 0 fully saturated rings. The Kier molecular flexibility index (Phi) is 7.99. The number of anilines is 1. The van der Waals surface area contributed by atoms with Crippen molar-refractivity contribution < 1.29 is 4.74 Å². The second-order valence-corrected chi connectivity index (χ2v) is 5.31. The van der Waals surface area contributed by atoms with Gasteiger partial charge in [0.25, 0.3) is 0 Å². The first-order chi connectivity index (χ1) is 9.83. The Morgan fingerprint density at radius 3 is 2.29 bits per heavy atom. The molecule has 0 aromatic heterocycles. The second-order valence-electron chi connectivity index (χ2n) is 5.31. The Balaban J connectivity index is 0.00000220. The van der Waals surface area contributed by atoms with E-state index >= 15 is 0 Å². The SMILES string of the molecule is CCCCCCCCOc1ccc(N)c2ccccc12.Cl. The first-order valence-corrected chi connectivity index (χ1v) is 7.73. The van der Waals surface area contributed by atoms with Gasteiger partial charge in [0.05, 0.1) is 6.61 Å². The molecule has 116 valence electrons. The number of hydrogen-bond acceptors (Lipinski definition) is 2. The molecule has 0 atom stereocenters. The van der Waals surface area contributed by atoms with Gasteiger partial charge in [0.2, 0.25) is 0 Å². The molecule has 0 saturated heterocycles. The van der Waals surface area contributed by atoms with E-state index in [4.69, 9.17) is 10.5 Å². The van der Waals surface area contributed by atoms with E-state index in [1.54, 1.807) is 0 Å². The number of unbranched alkanes of at least 4 members (excludes halogenated alkanes) is 5. The number of ether oxygens (including phenoxy) is 1. The van der Waals surface area contributed by atoms with E-state index in [9.17, 15) is 0 Å². The van der Waals surface area contributed by atoms with Gasteiger partial charge >= 0.3 is 0 Å². The van der Waals surface area contributed by atoms with Crippen LogP contribution in [0.2, 0.25) is 0 Å². The molecule has 2 aromatic carbocycles. The molecule has 0 unspecified atom stereocenters. The van der Waals surface area contributed by atoms with Crippen LogP contribution in [0.25, 0.3) is 10.8 Å². The van der Waals surface area contributed by atoms with Gasteiger partial charge in [-0.1, -0.05) is 63.3 Å². The Morgan fingerprint density at radius 2 is 1.52 bits per heavy atom. The molecule has 0 spiro atoms. The number of rotatable bonds is 8. The molecule has 3 heteroatoms. The lowest BCUT2D eigenvalue weighted by molar-refractivity contribution is 0.308. The van der Waals surface area contributed by atoms with Gasteiger partial charge in [-0.3, -0.25) is 0 Å². The maximum Gasteiger partial charge on any atom is 0.127 e. The van der Waals surface area contributed by atoms with Crippen molar-refractivity contribution in [1.29, 1.82) is 0 Å². The van der Waals surface area contributed by atoms with Crippen LogP contribution in [0.4, 0.5) is 5.69 Å². The smallest absolute Gasteiger partial charge is 0.127 e. The van der Waals surface area contributed by atoms with E-state index in [1.165, 1.54) is 32.1 Å². The quantitative estimate of drug-likeness (QED) is 0.510. The molecule has 21 heavy (non-hydrogen) atoms. The molecule has 0 amide bonds. The van der Waals surface area contributed by atoms with Crippen LogP contribution in [0.5, 0.6) is 5.75 Å². The summed E-state index contributed by atoms with van der Waals surface area (Å²) < 4.78 is 5.93. The van der Waals surface area contributed by atoms with Crippen LogP contribution in [0, 0.1) is 0 Å². The van der Waals surface area contributed by atoms with Crippen LogP contribution in [-0.2, 0) is 0 Å². The third-order valence-electron chi connectivity index (χ3n) is 3.67. The first-order valence-electron chi connectivity index (χ1n) is 7.73. The minimum atomic E-state index is 0. The lowest BCUT2D eigenvalue weighted by atomic mass is 10.1. The summed E-state index contributed by atoms with van der Waals surface area (Å²) in [6.07, 6.45) is 7.70. The molecule has 0 aliphatic heterocycles. The third kappa shape index (κ3) is 5.13. The van der Waals surface area contributed by atoms with Crippen LogP contribution in [0.15, 0.2) is 36.4 Å². The summed E-state index contributed by atoms with van der Waals surface area (Å²) in [5, 5.41) is 2.19. The van der Waals surface area contributed by atoms with Gasteiger partial charge in [-0.15, -0.1) is 12.4 Å². The van der Waals surface area contributed by atoms with Crippen molar-refractivity contribution >= 4 is 28.9 Å². The van der Waals surface area contributed by atoms with E-state index in [1.807, 2.05) is 30.3 Å². The fraction of sp³-hybridized carbons (Fsp3) is 0.444. The maximum atomic E-state index is 5.99. The largest absolute Gasteiger partial charge is 0.493 e. The van der Waals surface area contributed by atoms with Gasteiger partial charge in [-0.2, -0.15) is 0 Å². The Labute approximate surface area is 134 Å². The predicted molar refractivity (Wildman–Crippen MR) is 94.5 cm³/mol. The zero-order valence-corrected chi connectivity index (χ0v) is 13.6. The van der Waals surface area contributed by atoms with Gasteiger partial charge in [-0.05, 0) is 18.6 Å². The average Bonchev–Trinajstić information content (AvgIpc) is 2.49. The molecule has 0 aliphatic rings. The number of hydrogen-bond donors (Lipinski definition) is 1. The van der Waals surface area contributed by atoms with Gasteiger partial charge in [0.15, 0.2) is 0 Å². The van der Waals surface area contributed by atoms with Gasteiger partial charge in [0.1, 0.15) is 5.75 Å². The highest BCUT2D eigenvalue weighted by atomic mass is 35.5. The minimum Gasteiger partial charge on any atom is -0.493 e. The molecule has 2 N–H and O–H groups in total. The van der Waals surface area contributed by atoms with Crippen molar-refractivity contribution in [2.75, 3.05) is 12.3 Å². The van der Waals surface area contributed by atoms with Gasteiger partial charge < -0.3 is 10.5 Å². The van der Waals surface area contributed by atoms with Crippen LogP contribution < -0.4 is 10.5 Å². The highest BCUT2D eigenvalue weighted by Gasteiger charge is 2.04. The molecular weight excluding hydrogens is 282 g/mol. The normalized spacial score (nSPS) is 10.3. The summed E-state index contributed by atoms with van der Waals surface area (Å²) in [5.41, 5.74) is 6.80. The van der Waals surface area contributed by atoms with Gasteiger partial charge in [0, 0.05) is 16.5 Å². The van der Waals surface area contributed by atoms with Crippen LogP contribution in [0.3, 0.4) is 0 Å². The summed E-state index contributed by atoms with van der Waals surface area (Å²) in [4.78, 5) is 0. The number of benzene rings is 2. The number of halogens is 1. The Bertz CT molecular complexity index is 542. The number of fused-ring (bicyclic) bond motifs is 1. The van der Waals surface area contributed by atoms with Crippen molar-refractivity contribution in [2.24, 2.45) is 0 Å². The van der Waals surface area contributed by atoms with Crippen LogP contribution >= 0.6 is 12.4 Å². The zero-order valence-electron chi connectivity index (χ0n) is 12.8. The fourth-order valence-corrected chi connectivity index (χ4v) is 2.49. The highest BCUT2D eigenvalue weighted by Crippen LogP contribution is 2.29. The van der Waals surface area contributed by atoms with Gasteiger partial charge in [-0.25, -0.2) is 0 Å². The number of nitrogen functional groups attached to an aromatic ring is 1. The van der Waals surface area contributed by atoms with Crippen molar-refractivity contribution in [3.05, 3.63) is 36.4 Å². The second kappa shape index (κ2) is 9.51. The van der Waals surface area contributed by atoms with E-state index in [0.29, 0.717) is 0 Å². The Morgan fingerprint density at radius 1 is 0.857 bits per heavy atom. The standard InChI is InChI=1S/C18H25NO.ClH/c1-2-3-4-5-6-9-14-20-18-13-12-17(19)15-10-7-8-11-16(15)18;/h7-8,10-13H,2-6,9,14,19H2,1H3;1H. The highest BCUT2D eigenvalue weighted by molar-refractivity contribution is 5.96. The van der Waals surface area contributed by atoms with Crippen molar-refractivity contribution in [3.8, 4) is 5.75 Å². The van der Waals surface area contributed by atoms with E-state index in [0.717, 1.165) is 35.2 Å². The lowest BCUT2D eigenvalue weighted by Crippen LogP contribution is -1.98. The third-order valence-corrected chi connectivity index (χ3v) is 3.67. The fourth-order valence-electron chi connectivity index (χ4n) is 2.49. The maximum absolute atomic E-state index is 5.99. The van der Waals surface area contributed by atoms with E-state index in [-0.39, 0.29) is 12.4 Å². The molecular formula is C18H26ClNO. The van der Waals surface area contributed by atoms with Crippen molar-refractivity contribution in [3.63, 3.8) is 0 Å². The average molecular weight is 308 g/mol. The molecule has 0 radical (unpaired) electrons. The molecule has 0 heterocycles. The lowest BCUT2D eigenvalue weighted by Gasteiger charge is -2.10. The summed E-state index contributed by atoms with van der Waals surface area (Å²) in [5.74, 6) is 0.948. The first kappa shape index (κ1) is 17.6. The van der Waals surface area contributed by atoms with Crippen molar-refractivity contribution in [1.82, 2.24) is 0 Å². The van der Waals surface area contributed by atoms with Crippen LogP contribution in [0.1, 0.15) is 45.4 Å². The molecule has 2 aromatic rings. The predicted octanol–water partition coefficient (Wildman–Crippen LogP) is 5.58. The molecule has 2 nitrogen and oxygen atoms in total. The number of nitrogens with two attached hydrogens (primary N) is 1. The van der Waals surface area contributed by atoms with E-state index in [2.05, 4.69) is 13.0 Å². The molecule has 2 rings (SSSR count). The monoisotopic (exact) mass is 307 g/mol. The summed E-state index contributed by atoms with van der Waals surface area (Å²) in [6, 6.07) is 12.1. The van der Waals surface area contributed by atoms with E-state index < -0.39 is 0 Å². The zero-order chi connectivity index (χ0) is 14.2. The summed E-state index contributed by atoms with van der Waals surface area (Å²) in [7, 11) is 0. The molecule has 0 bridgehead atoms. The molecule has 0 aliphatic carbocycles. The topological polar surface area (TPSA) is 35.2 Å². The minimum absolute atomic E-state index is 0. The summed E-state index contributed by atoms with van der Waals surface area (Å²) in [6.45, 7) is 3.04. The molecule has 0 saturated carbocycles. The summed E-state index contributed by atoms with van der Waals surface area (Å²) >= 11 is 0. The Hall–Kier alpha value is -1.41. The van der Waals surface area contributed by atoms with Crippen LogP contribution in [-0.4, -0.2) is 6.61 Å².